The number of ether oxygens (including phenoxy) is 1. The van der Waals surface area contributed by atoms with E-state index in [2.05, 4.69) is 46.2 Å². The molecule has 1 aliphatic carbocycles. The van der Waals surface area contributed by atoms with Crippen LogP contribution in [-0.2, 0) is 28.9 Å². The van der Waals surface area contributed by atoms with Gasteiger partial charge in [-0.15, -0.1) is 32.9 Å². The Labute approximate surface area is 206 Å². The number of amides is 1. The van der Waals surface area contributed by atoms with Gasteiger partial charge in [-0.25, -0.2) is 4.79 Å². The van der Waals surface area contributed by atoms with E-state index in [1.807, 2.05) is 0 Å². The van der Waals surface area contributed by atoms with Gasteiger partial charge in [0.2, 0.25) is 5.91 Å². The molecule has 0 aromatic carbocycles. The van der Waals surface area contributed by atoms with Gasteiger partial charge in [-0.3, -0.25) is 4.79 Å². The average Bonchev–Trinajstić information content (AvgIpc) is 3.53. The minimum atomic E-state index is -0.353. The van der Waals surface area contributed by atoms with Gasteiger partial charge in [0.25, 0.3) is 0 Å². The molecule has 1 amide bonds. The molecule has 3 aromatic rings. The van der Waals surface area contributed by atoms with Crippen LogP contribution in [-0.4, -0.2) is 39.0 Å². The quantitative estimate of drug-likeness (QED) is 0.306. The largest absolute Gasteiger partial charge is 0.462 e. The van der Waals surface area contributed by atoms with Crippen LogP contribution in [0, 0.1) is 13.8 Å². The number of nitrogens with one attached hydrogen (secondary N) is 1. The summed E-state index contributed by atoms with van der Waals surface area (Å²) in [7, 11) is 0. The minimum Gasteiger partial charge on any atom is -0.462 e. The lowest BCUT2D eigenvalue weighted by Crippen LogP contribution is -2.17. The fourth-order valence-corrected chi connectivity index (χ4v) is 6.88. The zero-order valence-electron chi connectivity index (χ0n) is 19.3. The maximum atomic E-state index is 12.8. The average molecular weight is 505 g/mol. The van der Waals surface area contributed by atoms with Gasteiger partial charge in [0, 0.05) is 27.2 Å². The van der Waals surface area contributed by atoms with Crippen molar-refractivity contribution in [2.24, 2.45) is 0 Å². The highest BCUT2D eigenvalue weighted by Gasteiger charge is 2.28. The lowest BCUT2D eigenvalue weighted by molar-refractivity contribution is -0.113. The van der Waals surface area contributed by atoms with Gasteiger partial charge < -0.3 is 14.6 Å². The number of anilines is 1. The van der Waals surface area contributed by atoms with E-state index in [-0.39, 0.29) is 17.6 Å². The standard InChI is InChI=1S/C23H28N4O3S3/c1-5-10-27-20(16-11-31-14(4)13(16)3)25-26-23(27)32-12-18(28)24-21-19(22(29)30-6-2)15-8-7-9-17(15)33-21/h11H,5-10,12H2,1-4H3,(H,24,28). The van der Waals surface area contributed by atoms with Crippen LogP contribution in [0.25, 0.3) is 11.4 Å². The molecule has 33 heavy (non-hydrogen) atoms. The molecule has 0 bridgehead atoms. The number of thioether (sulfide) groups is 1. The zero-order chi connectivity index (χ0) is 23.5. The van der Waals surface area contributed by atoms with Gasteiger partial charge in [0.15, 0.2) is 11.0 Å². The normalized spacial score (nSPS) is 12.7. The summed E-state index contributed by atoms with van der Waals surface area (Å²) in [6.07, 6.45) is 3.78. The molecule has 0 radical (unpaired) electrons. The third-order valence-electron chi connectivity index (χ3n) is 5.68. The first-order valence-corrected chi connectivity index (χ1v) is 13.8. The Kier molecular flexibility index (Phi) is 7.55. The van der Waals surface area contributed by atoms with Crippen LogP contribution < -0.4 is 5.32 Å². The lowest BCUT2D eigenvalue weighted by Gasteiger charge is -2.10. The predicted octanol–water partition coefficient (Wildman–Crippen LogP) is 5.49. The molecule has 0 saturated carbocycles. The third-order valence-corrected chi connectivity index (χ3v) is 8.86. The molecular formula is C23H28N4O3S3. The molecule has 3 heterocycles. The molecule has 1 N–H and O–H groups in total. The van der Waals surface area contributed by atoms with Crippen molar-refractivity contribution in [2.45, 2.75) is 65.1 Å². The van der Waals surface area contributed by atoms with Gasteiger partial charge in [-0.1, -0.05) is 18.7 Å². The van der Waals surface area contributed by atoms with Crippen molar-refractivity contribution < 1.29 is 14.3 Å². The Morgan fingerprint density at radius 3 is 2.76 bits per heavy atom. The summed E-state index contributed by atoms with van der Waals surface area (Å²) < 4.78 is 7.35. The van der Waals surface area contributed by atoms with Gasteiger partial charge >= 0.3 is 5.97 Å². The number of thiophene rings is 2. The first-order valence-electron chi connectivity index (χ1n) is 11.2. The topological polar surface area (TPSA) is 86.1 Å². The number of nitrogens with zero attached hydrogens (tertiary/aromatic N) is 3. The second kappa shape index (κ2) is 10.4. The van der Waals surface area contributed by atoms with Crippen LogP contribution in [0.5, 0.6) is 0 Å². The Morgan fingerprint density at radius 2 is 2.06 bits per heavy atom. The summed E-state index contributed by atoms with van der Waals surface area (Å²) in [5.41, 5.74) is 3.89. The monoisotopic (exact) mass is 504 g/mol. The number of hydrogen-bond acceptors (Lipinski definition) is 8. The summed E-state index contributed by atoms with van der Waals surface area (Å²) in [6.45, 7) is 9.21. The van der Waals surface area contributed by atoms with Gasteiger partial charge in [0.05, 0.1) is 17.9 Å². The van der Waals surface area contributed by atoms with Crippen molar-refractivity contribution in [1.29, 1.82) is 0 Å². The fourth-order valence-electron chi connectivity index (χ4n) is 3.96. The highest BCUT2D eigenvalue weighted by atomic mass is 32.2. The minimum absolute atomic E-state index is 0.166. The maximum absolute atomic E-state index is 12.8. The molecule has 4 rings (SSSR count). The van der Waals surface area contributed by atoms with Crippen LogP contribution >= 0.6 is 34.4 Å². The number of aryl methyl sites for hydroxylation is 2. The molecule has 0 saturated heterocycles. The molecule has 3 aromatic heterocycles. The molecule has 0 unspecified atom stereocenters. The van der Waals surface area contributed by atoms with Crippen molar-refractivity contribution in [3.63, 3.8) is 0 Å². The van der Waals surface area contributed by atoms with Gasteiger partial charge in [-0.2, -0.15) is 0 Å². The molecule has 7 nitrogen and oxygen atoms in total. The van der Waals surface area contributed by atoms with E-state index in [1.54, 1.807) is 18.3 Å². The van der Waals surface area contributed by atoms with E-state index >= 15 is 0 Å². The second-order valence-corrected chi connectivity index (χ2v) is 11.0. The molecule has 176 valence electrons. The smallest absolute Gasteiger partial charge is 0.341 e. The molecule has 10 heteroatoms. The molecular weight excluding hydrogens is 476 g/mol. The molecule has 0 spiro atoms. The lowest BCUT2D eigenvalue weighted by atomic mass is 10.1. The third kappa shape index (κ3) is 4.88. The predicted molar refractivity (Wildman–Crippen MR) is 135 cm³/mol. The Bertz CT molecular complexity index is 1180. The summed E-state index contributed by atoms with van der Waals surface area (Å²) in [4.78, 5) is 27.8. The number of carbonyl (C=O) groups is 2. The Morgan fingerprint density at radius 1 is 1.24 bits per heavy atom. The van der Waals surface area contributed by atoms with Crippen molar-refractivity contribution in [1.82, 2.24) is 14.8 Å². The number of aromatic nitrogens is 3. The Hall–Kier alpha value is -2.17. The van der Waals surface area contributed by atoms with Crippen LogP contribution in [0.3, 0.4) is 0 Å². The van der Waals surface area contributed by atoms with Crippen LogP contribution in [0.4, 0.5) is 5.00 Å². The zero-order valence-corrected chi connectivity index (χ0v) is 21.8. The molecule has 1 aliphatic rings. The van der Waals surface area contributed by atoms with Crippen LogP contribution in [0.1, 0.15) is 57.9 Å². The van der Waals surface area contributed by atoms with Crippen molar-refractivity contribution in [3.05, 3.63) is 31.8 Å². The van der Waals surface area contributed by atoms with E-state index < -0.39 is 0 Å². The fraction of sp³-hybridized carbons (Fsp3) is 0.478. The van der Waals surface area contributed by atoms with E-state index in [0.717, 1.165) is 54.3 Å². The summed E-state index contributed by atoms with van der Waals surface area (Å²) in [5.74, 6) is 0.518. The van der Waals surface area contributed by atoms with E-state index in [4.69, 9.17) is 4.74 Å². The number of rotatable bonds is 9. The van der Waals surface area contributed by atoms with Gasteiger partial charge in [0.1, 0.15) is 5.00 Å². The van der Waals surface area contributed by atoms with Crippen molar-refractivity contribution in [3.8, 4) is 11.4 Å². The SMILES string of the molecule is CCCn1c(SCC(=O)Nc2sc3c(c2C(=O)OCC)CCC3)nnc1-c1csc(C)c1C. The highest BCUT2D eigenvalue weighted by Crippen LogP contribution is 2.39. The Balaban J connectivity index is 1.49. The number of fused-ring (bicyclic) bond motifs is 1. The molecule has 0 atom stereocenters. The molecule has 0 fully saturated rings. The van der Waals surface area contributed by atoms with Gasteiger partial charge in [-0.05, 0) is 57.6 Å². The van der Waals surface area contributed by atoms with Crippen molar-refractivity contribution >= 4 is 51.3 Å². The summed E-state index contributed by atoms with van der Waals surface area (Å²) in [6, 6.07) is 0. The first-order chi connectivity index (χ1) is 15.9. The maximum Gasteiger partial charge on any atom is 0.341 e. The van der Waals surface area contributed by atoms with E-state index in [1.165, 1.54) is 38.4 Å². The highest BCUT2D eigenvalue weighted by molar-refractivity contribution is 7.99. The summed E-state index contributed by atoms with van der Waals surface area (Å²) >= 11 is 4.57. The second-order valence-electron chi connectivity index (χ2n) is 7.91. The van der Waals surface area contributed by atoms with Crippen LogP contribution in [0.2, 0.25) is 0 Å². The van der Waals surface area contributed by atoms with E-state index in [0.29, 0.717) is 17.2 Å². The van der Waals surface area contributed by atoms with Crippen molar-refractivity contribution in [2.75, 3.05) is 17.7 Å². The van der Waals surface area contributed by atoms with E-state index in [9.17, 15) is 9.59 Å². The summed E-state index contributed by atoms with van der Waals surface area (Å²) in [5, 5.41) is 15.2. The number of carbonyl (C=O) groups excluding carboxylic acids is 2. The first kappa shape index (κ1) is 24.0. The number of hydrogen-bond donors (Lipinski definition) is 1. The number of esters is 1. The molecule has 0 aliphatic heterocycles. The van der Waals surface area contributed by atoms with Crippen LogP contribution in [0.15, 0.2) is 10.5 Å².